The van der Waals surface area contributed by atoms with Gasteiger partial charge >= 0.3 is 24.3 Å². The number of carboxylic acid groups (broad SMARTS) is 2. The summed E-state index contributed by atoms with van der Waals surface area (Å²) in [6.45, 7) is 6.71. The van der Waals surface area contributed by atoms with Gasteiger partial charge in [0.05, 0.1) is 11.4 Å². The van der Waals surface area contributed by atoms with Crippen LogP contribution in [-0.4, -0.2) is 67.8 Å². The second-order valence-corrected chi connectivity index (χ2v) is 8.22. The number of aryl methyl sites for hydroxylation is 2. The van der Waals surface area contributed by atoms with Crippen LogP contribution in [0.4, 0.5) is 30.7 Å². The fraction of sp³-hybridized carbons (Fsp3) is 0.391. The highest BCUT2D eigenvalue weighted by Gasteiger charge is 2.38. The summed E-state index contributed by atoms with van der Waals surface area (Å²) in [6, 6.07) is 6.55. The van der Waals surface area contributed by atoms with E-state index in [0.717, 1.165) is 55.2 Å². The second kappa shape index (κ2) is 12.7. The first-order chi connectivity index (χ1) is 18.0. The van der Waals surface area contributed by atoms with E-state index in [1.807, 2.05) is 13.8 Å². The maximum absolute atomic E-state index is 13.2. The zero-order valence-corrected chi connectivity index (χ0v) is 20.5. The third-order valence-corrected chi connectivity index (χ3v) is 5.47. The Morgan fingerprint density at radius 3 is 1.95 bits per heavy atom. The molecular formula is C23H23F7N4O5. The van der Waals surface area contributed by atoms with Crippen LogP contribution in [0.15, 0.2) is 28.8 Å². The number of aromatic amines is 1. The largest absolute Gasteiger partial charge is 0.490 e. The highest BCUT2D eigenvalue weighted by molar-refractivity contribution is 5.73. The third kappa shape index (κ3) is 9.08. The van der Waals surface area contributed by atoms with E-state index in [0.29, 0.717) is 0 Å². The van der Waals surface area contributed by atoms with Gasteiger partial charge in [0, 0.05) is 48.4 Å². The van der Waals surface area contributed by atoms with Crippen LogP contribution in [0.1, 0.15) is 28.3 Å². The lowest BCUT2D eigenvalue weighted by molar-refractivity contribution is -0.193. The lowest BCUT2D eigenvalue weighted by Crippen LogP contribution is -2.26. The summed E-state index contributed by atoms with van der Waals surface area (Å²) in [4.78, 5) is 20.2. The van der Waals surface area contributed by atoms with Gasteiger partial charge in [-0.3, -0.25) is 10.00 Å². The summed E-state index contributed by atoms with van der Waals surface area (Å²) in [5, 5.41) is 26.0. The van der Waals surface area contributed by atoms with Gasteiger partial charge in [-0.15, -0.1) is 0 Å². The fourth-order valence-electron chi connectivity index (χ4n) is 3.48. The average Bonchev–Trinajstić information content (AvgIpc) is 3.31. The molecule has 16 heteroatoms. The number of nitrogens with zero attached hydrogens (tertiary/aromatic N) is 3. The smallest absolute Gasteiger partial charge is 0.475 e. The van der Waals surface area contributed by atoms with Gasteiger partial charge < -0.3 is 14.7 Å². The van der Waals surface area contributed by atoms with E-state index in [2.05, 4.69) is 20.3 Å². The van der Waals surface area contributed by atoms with Crippen molar-refractivity contribution in [2.45, 2.75) is 45.6 Å². The summed E-state index contributed by atoms with van der Waals surface area (Å²) in [7, 11) is 0. The monoisotopic (exact) mass is 568 g/mol. The van der Waals surface area contributed by atoms with Gasteiger partial charge in [0.1, 0.15) is 11.6 Å². The van der Waals surface area contributed by atoms with Crippen molar-refractivity contribution < 1.29 is 55.1 Å². The number of hydrogen-bond donors (Lipinski definition) is 3. The summed E-state index contributed by atoms with van der Waals surface area (Å²) < 4.78 is 81.9. The molecule has 0 atom stereocenters. The first kappa shape index (κ1) is 31.3. The number of aromatic nitrogens is 3. The zero-order valence-electron chi connectivity index (χ0n) is 20.5. The van der Waals surface area contributed by atoms with Crippen LogP contribution in [-0.2, 0) is 29.0 Å². The van der Waals surface area contributed by atoms with Crippen LogP contribution >= 0.6 is 0 Å². The fourth-order valence-corrected chi connectivity index (χ4v) is 3.48. The van der Waals surface area contributed by atoms with Gasteiger partial charge in [-0.2, -0.15) is 31.4 Å². The van der Waals surface area contributed by atoms with E-state index in [1.165, 1.54) is 29.0 Å². The molecule has 0 fully saturated rings. The van der Waals surface area contributed by atoms with Gasteiger partial charge in [-0.05, 0) is 44.5 Å². The van der Waals surface area contributed by atoms with Crippen molar-refractivity contribution in [2.24, 2.45) is 0 Å². The molecule has 0 saturated carbocycles. The maximum atomic E-state index is 13.2. The predicted octanol–water partition coefficient (Wildman–Crippen LogP) is 4.69. The number of fused-ring (bicyclic) bond motifs is 1. The van der Waals surface area contributed by atoms with Crippen LogP contribution in [0.3, 0.4) is 0 Å². The molecule has 0 saturated heterocycles. The summed E-state index contributed by atoms with van der Waals surface area (Å²) in [5.74, 6) is -4.84. The van der Waals surface area contributed by atoms with Gasteiger partial charge in [-0.1, -0.05) is 5.16 Å². The normalized spacial score (nSPS) is 13.8. The number of rotatable bonds is 3. The number of alkyl halides is 6. The van der Waals surface area contributed by atoms with Gasteiger partial charge in [0.15, 0.2) is 0 Å². The van der Waals surface area contributed by atoms with Gasteiger partial charge in [0.2, 0.25) is 0 Å². The molecule has 1 aromatic carbocycles. The quantitative estimate of drug-likeness (QED) is 0.388. The topological polar surface area (TPSA) is 133 Å². The minimum absolute atomic E-state index is 0.226. The summed E-state index contributed by atoms with van der Waals surface area (Å²) >= 11 is 0. The van der Waals surface area contributed by atoms with Crippen LogP contribution in [0.25, 0.3) is 11.3 Å². The molecule has 0 amide bonds. The molecule has 3 N–H and O–H groups in total. The third-order valence-electron chi connectivity index (χ3n) is 5.47. The predicted molar refractivity (Wildman–Crippen MR) is 120 cm³/mol. The average molecular weight is 568 g/mol. The molecule has 214 valence electrons. The number of carbonyl (C=O) groups is 2. The Labute approximate surface area is 216 Å². The molecule has 9 nitrogen and oxygen atoms in total. The first-order valence-corrected chi connectivity index (χ1v) is 11.1. The minimum Gasteiger partial charge on any atom is -0.475 e. The Bertz CT molecular complexity index is 1220. The number of benzene rings is 1. The van der Waals surface area contributed by atoms with Crippen molar-refractivity contribution >= 4 is 11.9 Å². The van der Waals surface area contributed by atoms with Gasteiger partial charge in [-0.25, -0.2) is 14.0 Å². The number of H-pyrrole nitrogens is 1. The minimum atomic E-state index is -5.08. The Hall–Kier alpha value is -3.95. The van der Waals surface area contributed by atoms with Crippen LogP contribution in [0.5, 0.6) is 0 Å². The summed E-state index contributed by atoms with van der Waals surface area (Å²) in [6.07, 6.45) is -8.32. The van der Waals surface area contributed by atoms with Crippen molar-refractivity contribution in [1.82, 2.24) is 20.3 Å². The highest BCUT2D eigenvalue weighted by atomic mass is 19.4. The molecule has 0 bridgehead atoms. The zero-order chi connectivity index (χ0) is 29.5. The first-order valence-electron chi connectivity index (χ1n) is 11.1. The molecule has 3 heterocycles. The Balaban J connectivity index is 0.000000317. The number of aliphatic carboxylic acids is 2. The van der Waals surface area contributed by atoms with E-state index < -0.39 is 24.3 Å². The van der Waals surface area contributed by atoms with E-state index in [1.54, 1.807) is 12.1 Å². The SMILES string of the molecule is Cc1noc(C)c1CN1CCc2[nH]nc(-c3ccc(F)cc3)c2CC1.O=C(O)C(F)(F)F.O=C(O)C(F)(F)F. The van der Waals surface area contributed by atoms with Crippen molar-refractivity contribution in [3.05, 3.63) is 58.4 Å². The van der Waals surface area contributed by atoms with Crippen molar-refractivity contribution in [2.75, 3.05) is 13.1 Å². The van der Waals surface area contributed by atoms with E-state index in [-0.39, 0.29) is 5.82 Å². The summed E-state index contributed by atoms with van der Waals surface area (Å²) in [5.41, 5.74) is 6.47. The molecule has 1 aliphatic rings. The molecule has 0 aliphatic carbocycles. The Morgan fingerprint density at radius 2 is 1.49 bits per heavy atom. The van der Waals surface area contributed by atoms with Crippen LogP contribution in [0.2, 0.25) is 0 Å². The molecule has 3 aromatic rings. The van der Waals surface area contributed by atoms with Crippen LogP contribution < -0.4 is 0 Å². The maximum Gasteiger partial charge on any atom is 0.490 e. The molecule has 2 aromatic heterocycles. The van der Waals surface area contributed by atoms with Crippen molar-refractivity contribution in [3.63, 3.8) is 0 Å². The molecular weight excluding hydrogens is 545 g/mol. The second-order valence-electron chi connectivity index (χ2n) is 8.22. The van der Waals surface area contributed by atoms with E-state index in [4.69, 9.17) is 24.3 Å². The molecule has 39 heavy (non-hydrogen) atoms. The van der Waals surface area contributed by atoms with E-state index in [9.17, 15) is 30.7 Å². The molecule has 4 rings (SSSR count). The number of halogens is 7. The van der Waals surface area contributed by atoms with Crippen molar-refractivity contribution in [1.29, 1.82) is 0 Å². The lowest BCUT2D eigenvalue weighted by Gasteiger charge is -2.19. The number of hydrogen-bond acceptors (Lipinski definition) is 6. The van der Waals surface area contributed by atoms with E-state index >= 15 is 0 Å². The van der Waals surface area contributed by atoms with Crippen LogP contribution in [0, 0.1) is 19.7 Å². The molecule has 0 spiro atoms. The Morgan fingerprint density at radius 1 is 0.974 bits per heavy atom. The highest BCUT2D eigenvalue weighted by Crippen LogP contribution is 2.27. The van der Waals surface area contributed by atoms with Crippen molar-refractivity contribution in [3.8, 4) is 11.3 Å². The lowest BCUT2D eigenvalue weighted by atomic mass is 10.0. The molecule has 1 aliphatic heterocycles. The molecule has 0 unspecified atom stereocenters. The standard InChI is InChI=1S/C19H21FN4O.2C2HF3O2/c1-12-17(13(2)25-23-12)11-24-9-7-16-18(8-10-24)21-22-19(16)14-3-5-15(20)6-4-14;2*3-2(4,5)1(6)7/h3-6H,7-11H2,1-2H3,(H,21,22);2*(H,6,7). The van der Waals surface area contributed by atoms with Gasteiger partial charge in [0.25, 0.3) is 0 Å². The Kier molecular flexibility index (Phi) is 10.2. The number of nitrogens with one attached hydrogen (secondary N) is 1. The molecule has 0 radical (unpaired) electrons. The number of carboxylic acids is 2.